The van der Waals surface area contributed by atoms with Crippen LogP contribution in [0.15, 0.2) is 24.3 Å². The zero-order chi connectivity index (χ0) is 58.3. The Balaban J connectivity index is 5.20. The zero-order valence-corrected chi connectivity index (χ0v) is 51.6. The number of aliphatic hydroxyl groups excluding tert-OH is 1. The normalized spacial score (nSPS) is 14.5. The Labute approximate surface area is 478 Å². The highest BCUT2D eigenvalue weighted by molar-refractivity contribution is 7.47. The standard InChI is InChI=1S/C60H112O17P2/c1-5-9-13-17-20-22-24-26-27-28-30-32-35-39-43-47-60(65)77-56(51-71-58(63)45-41-37-34-31-29-25-23-21-18-14-10-6-2)53-75-79(68,69)73-49-54(61)48-72-78(66,67)74-52-55(50-70-57(62)44-40-36-16-12-8-4)76-59(64)46-42-38-33-19-15-11-7-3/h22,24,26-27,54-56,61H,5-21,23,25,28-53H2,1-4H3,(H,66,67)(H,68,69)/b24-22-,27-26-/t54-,55+,56+/m0/s1. The molecule has 0 amide bonds. The van der Waals surface area contributed by atoms with Crippen molar-refractivity contribution in [3.63, 3.8) is 0 Å². The fourth-order valence-electron chi connectivity index (χ4n) is 8.39. The summed E-state index contributed by atoms with van der Waals surface area (Å²) < 4.78 is 67.5. The number of aliphatic hydroxyl groups is 1. The van der Waals surface area contributed by atoms with E-state index in [1.54, 1.807) is 0 Å². The molecule has 0 aromatic heterocycles. The fraction of sp³-hybridized carbons (Fsp3) is 0.867. The summed E-state index contributed by atoms with van der Waals surface area (Å²) in [5.74, 6) is -2.18. The molecule has 5 atom stereocenters. The smallest absolute Gasteiger partial charge is 0.462 e. The van der Waals surface area contributed by atoms with Crippen LogP contribution in [0.4, 0.5) is 0 Å². The molecule has 0 aliphatic rings. The molecular formula is C60H112O17P2. The minimum Gasteiger partial charge on any atom is -0.462 e. The van der Waals surface area contributed by atoms with Crippen LogP contribution in [0.3, 0.4) is 0 Å². The monoisotopic (exact) mass is 1170 g/mol. The molecule has 0 spiro atoms. The predicted octanol–water partition coefficient (Wildman–Crippen LogP) is 15.9. The lowest BCUT2D eigenvalue weighted by atomic mass is 10.0. The van der Waals surface area contributed by atoms with Gasteiger partial charge >= 0.3 is 39.5 Å². The van der Waals surface area contributed by atoms with E-state index in [9.17, 15) is 43.2 Å². The van der Waals surface area contributed by atoms with Gasteiger partial charge in [-0.2, -0.15) is 0 Å². The van der Waals surface area contributed by atoms with E-state index in [-0.39, 0.29) is 25.7 Å². The SMILES string of the molecule is CCCCCC/C=C\C=C/CCCCCCCC(=O)O[C@H](COC(=O)CCCCCCCCCCCCCC)COP(=O)(O)OC[C@@H](O)COP(=O)(O)OC[C@@H](COC(=O)CCCCCCC)OC(=O)CCCCCCCCC. The second kappa shape index (κ2) is 54.8. The number of allylic oxidation sites excluding steroid dienone is 4. The second-order valence-electron chi connectivity index (χ2n) is 21.1. The number of unbranched alkanes of at least 4 members (excludes halogenated alkanes) is 30. The molecule has 79 heavy (non-hydrogen) atoms. The molecule has 0 saturated carbocycles. The largest absolute Gasteiger partial charge is 0.472 e. The van der Waals surface area contributed by atoms with E-state index in [1.165, 1.54) is 77.0 Å². The maximum absolute atomic E-state index is 12.9. The molecule has 0 aromatic rings. The topological polar surface area (TPSA) is 237 Å². The highest BCUT2D eigenvalue weighted by Crippen LogP contribution is 2.45. The molecule has 0 saturated heterocycles. The van der Waals surface area contributed by atoms with Gasteiger partial charge in [-0.25, -0.2) is 9.13 Å². The molecule has 0 radical (unpaired) electrons. The third-order valence-corrected chi connectivity index (χ3v) is 15.1. The van der Waals surface area contributed by atoms with E-state index in [1.807, 2.05) is 0 Å². The van der Waals surface area contributed by atoms with Gasteiger partial charge in [-0.3, -0.25) is 37.3 Å². The van der Waals surface area contributed by atoms with Crippen LogP contribution in [0.5, 0.6) is 0 Å². The number of phosphoric ester groups is 2. The maximum atomic E-state index is 12.9. The van der Waals surface area contributed by atoms with Gasteiger partial charge in [-0.15, -0.1) is 0 Å². The highest BCUT2D eigenvalue weighted by atomic mass is 31.2. The molecule has 464 valence electrons. The molecule has 0 aliphatic heterocycles. The van der Waals surface area contributed by atoms with Crippen molar-refractivity contribution in [3.8, 4) is 0 Å². The van der Waals surface area contributed by atoms with Crippen molar-refractivity contribution in [2.45, 2.75) is 296 Å². The molecule has 0 bridgehead atoms. The van der Waals surface area contributed by atoms with E-state index >= 15 is 0 Å². The molecule has 0 aromatic carbocycles. The summed E-state index contributed by atoms with van der Waals surface area (Å²) in [5, 5.41) is 10.5. The van der Waals surface area contributed by atoms with Crippen molar-refractivity contribution < 1.29 is 80.2 Å². The van der Waals surface area contributed by atoms with Crippen molar-refractivity contribution in [1.29, 1.82) is 0 Å². The van der Waals surface area contributed by atoms with E-state index in [4.69, 9.17) is 37.0 Å². The van der Waals surface area contributed by atoms with Crippen molar-refractivity contribution in [2.75, 3.05) is 39.6 Å². The number of phosphoric acid groups is 2. The molecule has 17 nitrogen and oxygen atoms in total. The van der Waals surface area contributed by atoms with Gasteiger partial charge in [0, 0.05) is 25.7 Å². The van der Waals surface area contributed by atoms with Gasteiger partial charge < -0.3 is 33.8 Å². The lowest BCUT2D eigenvalue weighted by Crippen LogP contribution is -2.30. The highest BCUT2D eigenvalue weighted by Gasteiger charge is 2.30. The van der Waals surface area contributed by atoms with E-state index in [0.717, 1.165) is 122 Å². The average Bonchev–Trinajstić information content (AvgIpc) is 3.42. The molecule has 0 heterocycles. The Kier molecular flexibility index (Phi) is 53.1. The summed E-state index contributed by atoms with van der Waals surface area (Å²) in [6.07, 6.45) is 41.6. The Morgan fingerprint density at radius 3 is 0.924 bits per heavy atom. The Morgan fingerprint density at radius 1 is 0.354 bits per heavy atom. The Bertz CT molecular complexity index is 1630. The summed E-state index contributed by atoms with van der Waals surface area (Å²) in [5.41, 5.74) is 0. The van der Waals surface area contributed by atoms with Crippen molar-refractivity contribution >= 4 is 39.5 Å². The quantitative estimate of drug-likeness (QED) is 0.0169. The number of carbonyl (C=O) groups is 4. The van der Waals surface area contributed by atoms with Crippen molar-refractivity contribution in [2.24, 2.45) is 0 Å². The lowest BCUT2D eigenvalue weighted by molar-refractivity contribution is -0.161. The first kappa shape index (κ1) is 76.5. The van der Waals surface area contributed by atoms with Gasteiger partial charge in [0.05, 0.1) is 26.4 Å². The van der Waals surface area contributed by atoms with Crippen LogP contribution in [0, 0.1) is 0 Å². The zero-order valence-electron chi connectivity index (χ0n) is 49.8. The molecular weight excluding hydrogens is 1050 g/mol. The second-order valence-corrected chi connectivity index (χ2v) is 24.0. The van der Waals surface area contributed by atoms with Gasteiger partial charge in [0.25, 0.3) is 0 Å². The first-order chi connectivity index (χ1) is 38.2. The minimum absolute atomic E-state index is 0.0853. The van der Waals surface area contributed by atoms with Gasteiger partial charge in [0.1, 0.15) is 19.3 Å². The van der Waals surface area contributed by atoms with Crippen LogP contribution in [0.1, 0.15) is 278 Å². The number of rotatable bonds is 59. The van der Waals surface area contributed by atoms with E-state index < -0.39 is 97.5 Å². The number of hydrogen-bond acceptors (Lipinski definition) is 15. The summed E-state index contributed by atoms with van der Waals surface area (Å²) >= 11 is 0. The fourth-order valence-corrected chi connectivity index (χ4v) is 9.97. The van der Waals surface area contributed by atoms with E-state index in [2.05, 4.69) is 52.0 Å². The summed E-state index contributed by atoms with van der Waals surface area (Å²) in [6.45, 7) is 4.66. The molecule has 0 fully saturated rings. The third-order valence-electron chi connectivity index (χ3n) is 13.2. The van der Waals surface area contributed by atoms with Gasteiger partial charge in [0.15, 0.2) is 12.2 Å². The van der Waals surface area contributed by atoms with Crippen LogP contribution in [-0.4, -0.2) is 96.7 Å². The number of hydrogen-bond donors (Lipinski definition) is 3. The first-order valence-electron chi connectivity index (χ1n) is 31.1. The Morgan fingerprint density at radius 2 is 0.608 bits per heavy atom. The number of carbonyl (C=O) groups excluding carboxylic acids is 4. The lowest BCUT2D eigenvalue weighted by Gasteiger charge is -2.21. The summed E-state index contributed by atoms with van der Waals surface area (Å²) in [4.78, 5) is 71.6. The van der Waals surface area contributed by atoms with E-state index in [0.29, 0.717) is 25.7 Å². The minimum atomic E-state index is -4.95. The summed E-state index contributed by atoms with van der Waals surface area (Å²) in [6, 6.07) is 0. The molecule has 19 heteroatoms. The van der Waals surface area contributed by atoms with Crippen molar-refractivity contribution in [3.05, 3.63) is 24.3 Å². The van der Waals surface area contributed by atoms with Gasteiger partial charge in [-0.05, 0) is 51.4 Å². The molecule has 3 N–H and O–H groups in total. The van der Waals surface area contributed by atoms with Crippen LogP contribution in [0.2, 0.25) is 0 Å². The molecule has 2 unspecified atom stereocenters. The predicted molar refractivity (Wildman–Crippen MR) is 312 cm³/mol. The van der Waals surface area contributed by atoms with Crippen LogP contribution >= 0.6 is 15.6 Å². The number of esters is 4. The maximum Gasteiger partial charge on any atom is 0.472 e. The van der Waals surface area contributed by atoms with Crippen LogP contribution < -0.4 is 0 Å². The molecule has 0 aliphatic carbocycles. The van der Waals surface area contributed by atoms with Gasteiger partial charge in [0.2, 0.25) is 0 Å². The van der Waals surface area contributed by atoms with Crippen LogP contribution in [0.25, 0.3) is 0 Å². The summed E-state index contributed by atoms with van der Waals surface area (Å²) in [7, 11) is -9.88. The molecule has 0 rings (SSSR count). The van der Waals surface area contributed by atoms with Crippen molar-refractivity contribution in [1.82, 2.24) is 0 Å². The first-order valence-corrected chi connectivity index (χ1v) is 34.1. The third kappa shape index (κ3) is 54.5. The average molecular weight is 1170 g/mol. The van der Waals surface area contributed by atoms with Crippen LogP contribution in [-0.2, 0) is 65.4 Å². The number of ether oxygens (including phenoxy) is 4. The van der Waals surface area contributed by atoms with Gasteiger partial charge in [-0.1, -0.05) is 225 Å². The Hall–Kier alpha value is -2.46.